The lowest BCUT2D eigenvalue weighted by molar-refractivity contribution is 0.122. The van der Waals surface area contributed by atoms with E-state index in [0.717, 1.165) is 24.3 Å². The van der Waals surface area contributed by atoms with Crippen LogP contribution >= 0.6 is 0 Å². The Labute approximate surface area is 139 Å². The Hall–Kier alpha value is -2.93. The molecule has 0 saturated carbocycles. The van der Waals surface area contributed by atoms with E-state index in [9.17, 15) is 0 Å². The van der Waals surface area contributed by atoms with E-state index in [0.29, 0.717) is 36.4 Å². The second-order valence-electron chi connectivity index (χ2n) is 5.52. The molecule has 4 rings (SSSR count). The number of hydrogen-bond donors (Lipinski definition) is 1. The molecule has 7 nitrogen and oxygen atoms in total. The lowest BCUT2D eigenvalue weighted by atomic mass is 10.1. The van der Waals surface area contributed by atoms with Gasteiger partial charge in [-0.15, -0.1) is 0 Å². The molecular weight excluding hydrogens is 306 g/mol. The van der Waals surface area contributed by atoms with Crippen LogP contribution in [0.3, 0.4) is 0 Å². The number of nitrogen functional groups attached to an aromatic ring is 1. The number of morpholine rings is 1. The lowest BCUT2D eigenvalue weighted by Crippen LogP contribution is -2.37. The molecule has 3 aromatic rings. The fraction of sp³-hybridized carbons (Fsp3) is 0.235. The summed E-state index contributed by atoms with van der Waals surface area (Å²) in [5, 5.41) is 4.12. The Bertz CT molecular complexity index is 828. The fourth-order valence-electron chi connectivity index (χ4n) is 2.62. The summed E-state index contributed by atoms with van der Waals surface area (Å²) >= 11 is 0. The Morgan fingerprint density at radius 3 is 2.54 bits per heavy atom. The minimum atomic E-state index is 0.402. The summed E-state index contributed by atoms with van der Waals surface area (Å²) in [6.45, 7) is 2.81. The SMILES string of the molecule is Nc1cc(-c2cc(-c3ccccc3)no2)nc(N2CCOCC2)n1. The highest BCUT2D eigenvalue weighted by Crippen LogP contribution is 2.27. The van der Waals surface area contributed by atoms with Gasteiger partial charge >= 0.3 is 0 Å². The number of nitrogens with two attached hydrogens (primary N) is 1. The molecule has 122 valence electrons. The average molecular weight is 323 g/mol. The maximum absolute atomic E-state index is 5.95. The van der Waals surface area contributed by atoms with E-state index in [1.54, 1.807) is 6.07 Å². The van der Waals surface area contributed by atoms with Gasteiger partial charge in [-0.25, -0.2) is 4.98 Å². The fourth-order valence-corrected chi connectivity index (χ4v) is 2.62. The Morgan fingerprint density at radius 1 is 0.958 bits per heavy atom. The van der Waals surface area contributed by atoms with Gasteiger partial charge in [-0.2, -0.15) is 4.98 Å². The van der Waals surface area contributed by atoms with E-state index in [1.807, 2.05) is 36.4 Å². The van der Waals surface area contributed by atoms with Gasteiger partial charge in [0.1, 0.15) is 17.2 Å². The molecule has 7 heteroatoms. The van der Waals surface area contributed by atoms with Gasteiger partial charge in [0, 0.05) is 30.8 Å². The second-order valence-corrected chi connectivity index (χ2v) is 5.52. The van der Waals surface area contributed by atoms with Crippen molar-refractivity contribution >= 4 is 11.8 Å². The first-order valence-corrected chi connectivity index (χ1v) is 7.79. The molecule has 2 N–H and O–H groups in total. The Morgan fingerprint density at radius 2 is 1.75 bits per heavy atom. The van der Waals surface area contributed by atoms with Gasteiger partial charge < -0.3 is 19.9 Å². The second kappa shape index (κ2) is 6.29. The highest BCUT2D eigenvalue weighted by molar-refractivity contribution is 5.66. The molecule has 1 saturated heterocycles. The number of aromatic nitrogens is 3. The minimum Gasteiger partial charge on any atom is -0.384 e. The van der Waals surface area contributed by atoms with Crippen LogP contribution in [0, 0.1) is 0 Å². The molecule has 0 bridgehead atoms. The van der Waals surface area contributed by atoms with Crippen LogP contribution < -0.4 is 10.6 Å². The molecule has 0 atom stereocenters. The molecule has 1 fully saturated rings. The van der Waals surface area contributed by atoms with Crippen LogP contribution in [-0.4, -0.2) is 41.4 Å². The molecule has 0 amide bonds. The number of anilines is 2. The van der Waals surface area contributed by atoms with Crippen molar-refractivity contribution in [1.82, 2.24) is 15.1 Å². The van der Waals surface area contributed by atoms with Crippen molar-refractivity contribution in [3.63, 3.8) is 0 Å². The number of nitrogens with zero attached hydrogens (tertiary/aromatic N) is 4. The summed E-state index contributed by atoms with van der Waals surface area (Å²) in [6, 6.07) is 13.4. The van der Waals surface area contributed by atoms with Gasteiger partial charge in [-0.1, -0.05) is 35.5 Å². The zero-order chi connectivity index (χ0) is 16.4. The third-order valence-electron chi connectivity index (χ3n) is 3.86. The van der Waals surface area contributed by atoms with E-state index in [1.165, 1.54) is 0 Å². The summed E-state index contributed by atoms with van der Waals surface area (Å²) in [5.41, 5.74) is 8.32. The van der Waals surface area contributed by atoms with E-state index in [2.05, 4.69) is 20.0 Å². The molecule has 24 heavy (non-hydrogen) atoms. The van der Waals surface area contributed by atoms with Gasteiger partial charge in [-0.3, -0.25) is 0 Å². The maximum Gasteiger partial charge on any atom is 0.228 e. The van der Waals surface area contributed by atoms with E-state index >= 15 is 0 Å². The largest absolute Gasteiger partial charge is 0.384 e. The highest BCUT2D eigenvalue weighted by atomic mass is 16.5. The molecule has 3 heterocycles. The third kappa shape index (κ3) is 2.93. The van der Waals surface area contributed by atoms with Crippen LogP contribution in [-0.2, 0) is 4.74 Å². The van der Waals surface area contributed by atoms with E-state index < -0.39 is 0 Å². The summed E-state index contributed by atoms with van der Waals surface area (Å²) < 4.78 is 10.8. The molecule has 0 spiro atoms. The first kappa shape index (κ1) is 14.6. The van der Waals surface area contributed by atoms with E-state index in [4.69, 9.17) is 15.0 Å². The van der Waals surface area contributed by atoms with Crippen LogP contribution in [0.4, 0.5) is 11.8 Å². The molecule has 1 aliphatic heterocycles. The lowest BCUT2D eigenvalue weighted by Gasteiger charge is -2.26. The van der Waals surface area contributed by atoms with Crippen molar-refractivity contribution in [3.05, 3.63) is 42.5 Å². The van der Waals surface area contributed by atoms with Crippen LogP contribution in [0.5, 0.6) is 0 Å². The molecule has 0 radical (unpaired) electrons. The van der Waals surface area contributed by atoms with Crippen LogP contribution in [0.25, 0.3) is 22.7 Å². The third-order valence-corrected chi connectivity index (χ3v) is 3.86. The number of hydrogen-bond acceptors (Lipinski definition) is 7. The monoisotopic (exact) mass is 323 g/mol. The zero-order valence-corrected chi connectivity index (χ0v) is 13.1. The van der Waals surface area contributed by atoms with Crippen molar-refractivity contribution in [2.24, 2.45) is 0 Å². The minimum absolute atomic E-state index is 0.402. The van der Waals surface area contributed by atoms with Gasteiger partial charge in [-0.05, 0) is 0 Å². The molecule has 0 aliphatic carbocycles. The van der Waals surface area contributed by atoms with Gasteiger partial charge in [0.15, 0.2) is 5.76 Å². The first-order valence-electron chi connectivity index (χ1n) is 7.79. The van der Waals surface area contributed by atoms with Gasteiger partial charge in [0.2, 0.25) is 5.95 Å². The quantitative estimate of drug-likeness (QED) is 0.790. The molecule has 1 aliphatic rings. The first-order chi connectivity index (χ1) is 11.8. The average Bonchev–Trinajstić information content (AvgIpc) is 3.13. The standard InChI is InChI=1S/C17H17N5O2/c18-16-11-14(19-17(20-16)22-6-8-23-9-7-22)15-10-13(21-24-15)12-4-2-1-3-5-12/h1-5,10-11H,6-9H2,(H2,18,19,20). The zero-order valence-electron chi connectivity index (χ0n) is 13.1. The highest BCUT2D eigenvalue weighted by Gasteiger charge is 2.17. The molecule has 0 unspecified atom stereocenters. The van der Waals surface area contributed by atoms with Crippen molar-refractivity contribution in [2.75, 3.05) is 36.9 Å². The smallest absolute Gasteiger partial charge is 0.228 e. The summed E-state index contributed by atoms with van der Waals surface area (Å²) in [5.74, 6) is 1.56. The van der Waals surface area contributed by atoms with Crippen molar-refractivity contribution < 1.29 is 9.26 Å². The van der Waals surface area contributed by atoms with Crippen molar-refractivity contribution in [2.45, 2.75) is 0 Å². The van der Waals surface area contributed by atoms with Crippen LogP contribution in [0.1, 0.15) is 0 Å². The normalized spacial score (nSPS) is 14.8. The number of benzene rings is 1. The Balaban J connectivity index is 1.67. The van der Waals surface area contributed by atoms with Crippen LogP contribution in [0.2, 0.25) is 0 Å². The summed E-state index contributed by atoms with van der Waals surface area (Å²) in [4.78, 5) is 11.0. The predicted molar refractivity (Wildman–Crippen MR) is 90.4 cm³/mol. The predicted octanol–water partition coefficient (Wildman–Crippen LogP) is 2.22. The Kier molecular flexibility index (Phi) is 3.84. The maximum atomic E-state index is 5.95. The number of ether oxygens (including phenoxy) is 1. The molecule has 1 aromatic carbocycles. The van der Waals surface area contributed by atoms with Crippen LogP contribution in [0.15, 0.2) is 47.0 Å². The topological polar surface area (TPSA) is 90.3 Å². The number of rotatable bonds is 3. The molecular formula is C17H17N5O2. The summed E-state index contributed by atoms with van der Waals surface area (Å²) in [6.07, 6.45) is 0. The molecule has 2 aromatic heterocycles. The summed E-state index contributed by atoms with van der Waals surface area (Å²) in [7, 11) is 0. The van der Waals surface area contributed by atoms with Crippen molar-refractivity contribution in [1.29, 1.82) is 0 Å². The van der Waals surface area contributed by atoms with E-state index in [-0.39, 0.29) is 0 Å². The van der Waals surface area contributed by atoms with Gasteiger partial charge in [0.25, 0.3) is 0 Å². The van der Waals surface area contributed by atoms with Gasteiger partial charge in [0.05, 0.1) is 13.2 Å². The van der Waals surface area contributed by atoms with Crippen molar-refractivity contribution in [3.8, 4) is 22.7 Å².